The summed E-state index contributed by atoms with van der Waals surface area (Å²) in [4.78, 5) is 10.9. The molecule has 0 aliphatic carbocycles. The fraction of sp³-hybridized carbons (Fsp3) is 0. The Kier molecular flexibility index (Phi) is 2.86. The van der Waals surface area contributed by atoms with Gasteiger partial charge in [-0.1, -0.05) is 5.21 Å². The molecule has 0 saturated heterocycles. The average molecular weight is 293 g/mol. The molecule has 0 saturated carbocycles. The number of rotatable bonds is 2. The van der Waals surface area contributed by atoms with E-state index in [0.29, 0.717) is 12.1 Å². The lowest BCUT2D eigenvalue weighted by atomic mass is 10.2. The van der Waals surface area contributed by atoms with Crippen molar-refractivity contribution in [3.05, 3.63) is 53.3 Å². The average Bonchev–Trinajstić information content (AvgIpc) is 2.80. The van der Waals surface area contributed by atoms with E-state index in [9.17, 15) is 18.0 Å². The maximum Gasteiger partial charge on any atom is 0.335 e. The van der Waals surface area contributed by atoms with Crippen LogP contribution in [0.2, 0.25) is 0 Å². The van der Waals surface area contributed by atoms with E-state index in [-0.39, 0.29) is 16.6 Å². The zero-order valence-electron chi connectivity index (χ0n) is 10.2. The van der Waals surface area contributed by atoms with E-state index in [4.69, 9.17) is 5.11 Å². The van der Waals surface area contributed by atoms with Crippen molar-refractivity contribution in [1.29, 1.82) is 0 Å². The summed E-state index contributed by atoms with van der Waals surface area (Å²) < 4.78 is 41.3. The number of hydrogen-bond donors (Lipinski definition) is 1. The summed E-state index contributed by atoms with van der Waals surface area (Å²) in [5.74, 6) is -4.49. The second-order valence-corrected chi connectivity index (χ2v) is 4.23. The van der Waals surface area contributed by atoms with Gasteiger partial charge in [0, 0.05) is 12.1 Å². The number of halogens is 3. The van der Waals surface area contributed by atoms with Gasteiger partial charge >= 0.3 is 5.97 Å². The minimum atomic E-state index is -1.16. The maximum absolute atomic E-state index is 13.7. The Morgan fingerprint density at radius 1 is 1.10 bits per heavy atom. The molecule has 0 unspecified atom stereocenters. The normalized spacial score (nSPS) is 11.0. The molecule has 1 heterocycles. The summed E-state index contributed by atoms with van der Waals surface area (Å²) in [5.41, 5.74) is -0.265. The van der Waals surface area contributed by atoms with E-state index in [1.165, 1.54) is 18.2 Å². The minimum Gasteiger partial charge on any atom is -0.478 e. The number of nitrogens with zero attached hydrogens (tertiary/aromatic N) is 3. The van der Waals surface area contributed by atoms with E-state index >= 15 is 0 Å². The van der Waals surface area contributed by atoms with Crippen LogP contribution >= 0.6 is 0 Å². The van der Waals surface area contributed by atoms with Crippen LogP contribution in [0.15, 0.2) is 30.3 Å². The number of hydrogen-bond acceptors (Lipinski definition) is 3. The lowest BCUT2D eigenvalue weighted by Crippen LogP contribution is -2.04. The van der Waals surface area contributed by atoms with Gasteiger partial charge in [-0.2, -0.15) is 0 Å². The molecule has 0 fully saturated rings. The highest BCUT2D eigenvalue weighted by Gasteiger charge is 2.18. The molecule has 5 nitrogen and oxygen atoms in total. The van der Waals surface area contributed by atoms with Crippen LogP contribution in [0.3, 0.4) is 0 Å². The Balaban J connectivity index is 2.25. The van der Waals surface area contributed by atoms with E-state index in [1.807, 2.05) is 0 Å². The van der Waals surface area contributed by atoms with Gasteiger partial charge in [-0.15, -0.1) is 5.10 Å². The van der Waals surface area contributed by atoms with Crippen molar-refractivity contribution in [2.45, 2.75) is 0 Å². The Morgan fingerprint density at radius 2 is 1.76 bits per heavy atom. The monoisotopic (exact) mass is 293 g/mol. The van der Waals surface area contributed by atoms with Gasteiger partial charge in [-0.3, -0.25) is 0 Å². The molecule has 1 N–H and O–H groups in total. The Labute approximate surface area is 115 Å². The number of carboxylic acid groups (broad SMARTS) is 1. The van der Waals surface area contributed by atoms with E-state index < -0.39 is 29.1 Å². The van der Waals surface area contributed by atoms with E-state index in [0.717, 1.165) is 4.68 Å². The van der Waals surface area contributed by atoms with Crippen LogP contribution in [0.25, 0.3) is 16.7 Å². The molecule has 3 rings (SSSR count). The first kappa shape index (κ1) is 13.1. The second kappa shape index (κ2) is 4.58. The van der Waals surface area contributed by atoms with Crippen molar-refractivity contribution in [3.63, 3.8) is 0 Å². The van der Waals surface area contributed by atoms with Gasteiger partial charge in [0.2, 0.25) is 0 Å². The molecule has 2 aromatic carbocycles. The first-order chi connectivity index (χ1) is 9.97. The quantitative estimate of drug-likeness (QED) is 0.788. The summed E-state index contributed by atoms with van der Waals surface area (Å²) in [5, 5.41) is 16.1. The van der Waals surface area contributed by atoms with Crippen molar-refractivity contribution in [1.82, 2.24) is 15.0 Å². The number of carbonyl (C=O) groups is 1. The van der Waals surface area contributed by atoms with Crippen LogP contribution < -0.4 is 0 Å². The molecule has 0 bridgehead atoms. The van der Waals surface area contributed by atoms with Crippen LogP contribution in [-0.4, -0.2) is 26.1 Å². The van der Waals surface area contributed by atoms with Gasteiger partial charge in [0.1, 0.15) is 17.0 Å². The van der Waals surface area contributed by atoms with Gasteiger partial charge in [-0.05, 0) is 18.2 Å². The van der Waals surface area contributed by atoms with Crippen molar-refractivity contribution < 1.29 is 23.1 Å². The molecule has 0 atom stereocenters. The first-order valence-corrected chi connectivity index (χ1v) is 5.71. The third-order valence-corrected chi connectivity index (χ3v) is 2.89. The number of carboxylic acids is 1. The number of aromatic nitrogens is 3. The highest BCUT2D eigenvalue weighted by atomic mass is 19.1. The standard InChI is InChI=1S/C13H6F3N3O2/c14-7-4-8(15)12(9(16)5-7)19-11-2-1-6(13(20)21)3-10(11)17-18-19/h1-5H,(H,20,21). The molecule has 0 spiro atoms. The topological polar surface area (TPSA) is 68.0 Å². The summed E-state index contributed by atoms with van der Waals surface area (Å²) >= 11 is 0. The van der Waals surface area contributed by atoms with Crippen molar-refractivity contribution >= 4 is 17.0 Å². The summed E-state index contributed by atoms with van der Waals surface area (Å²) in [6.45, 7) is 0. The molecule has 106 valence electrons. The fourth-order valence-electron chi connectivity index (χ4n) is 1.96. The number of benzene rings is 2. The second-order valence-electron chi connectivity index (χ2n) is 4.23. The SMILES string of the molecule is O=C(O)c1ccc2c(c1)nnn2-c1c(F)cc(F)cc1F. The Bertz CT molecular complexity index is 853. The van der Waals surface area contributed by atoms with Crippen molar-refractivity contribution in [2.75, 3.05) is 0 Å². The van der Waals surface area contributed by atoms with Gasteiger partial charge in [0.15, 0.2) is 11.6 Å². The molecule has 3 aromatic rings. The van der Waals surface area contributed by atoms with E-state index in [1.54, 1.807) is 0 Å². The van der Waals surface area contributed by atoms with Crippen LogP contribution in [0.4, 0.5) is 13.2 Å². The first-order valence-electron chi connectivity index (χ1n) is 5.71. The summed E-state index contributed by atoms with van der Waals surface area (Å²) in [6.07, 6.45) is 0. The predicted molar refractivity (Wildman–Crippen MR) is 65.7 cm³/mol. The highest BCUT2D eigenvalue weighted by Crippen LogP contribution is 2.23. The van der Waals surface area contributed by atoms with Gasteiger partial charge in [-0.25, -0.2) is 22.6 Å². The molecule has 0 amide bonds. The van der Waals surface area contributed by atoms with E-state index in [2.05, 4.69) is 10.3 Å². The zero-order chi connectivity index (χ0) is 15.1. The third-order valence-electron chi connectivity index (χ3n) is 2.89. The minimum absolute atomic E-state index is 0.0328. The van der Waals surface area contributed by atoms with Crippen LogP contribution in [0.5, 0.6) is 0 Å². The van der Waals surface area contributed by atoms with Crippen molar-refractivity contribution in [2.24, 2.45) is 0 Å². The fourth-order valence-corrected chi connectivity index (χ4v) is 1.96. The van der Waals surface area contributed by atoms with Gasteiger partial charge < -0.3 is 5.11 Å². The van der Waals surface area contributed by atoms with Crippen molar-refractivity contribution in [3.8, 4) is 5.69 Å². The molecular weight excluding hydrogens is 287 g/mol. The lowest BCUT2D eigenvalue weighted by Gasteiger charge is -2.05. The molecule has 21 heavy (non-hydrogen) atoms. The largest absolute Gasteiger partial charge is 0.478 e. The molecule has 8 heteroatoms. The summed E-state index contributed by atoms with van der Waals surface area (Å²) in [6, 6.07) is 4.85. The molecule has 1 aromatic heterocycles. The smallest absolute Gasteiger partial charge is 0.335 e. The molecular formula is C13H6F3N3O2. The zero-order valence-corrected chi connectivity index (χ0v) is 10.2. The van der Waals surface area contributed by atoms with Crippen LogP contribution in [0.1, 0.15) is 10.4 Å². The Morgan fingerprint density at radius 3 is 2.38 bits per heavy atom. The number of aromatic carboxylic acids is 1. The van der Waals surface area contributed by atoms with Gasteiger partial charge in [0.25, 0.3) is 0 Å². The Hall–Kier alpha value is -2.90. The van der Waals surface area contributed by atoms with Crippen LogP contribution in [0, 0.1) is 17.5 Å². The highest BCUT2D eigenvalue weighted by molar-refractivity contribution is 5.92. The predicted octanol–water partition coefficient (Wildman–Crippen LogP) is 2.54. The molecule has 0 aliphatic rings. The van der Waals surface area contributed by atoms with Crippen LogP contribution in [-0.2, 0) is 0 Å². The van der Waals surface area contributed by atoms with Gasteiger partial charge in [0.05, 0.1) is 11.1 Å². The molecule has 0 aliphatic heterocycles. The number of fused-ring (bicyclic) bond motifs is 1. The maximum atomic E-state index is 13.7. The third kappa shape index (κ3) is 2.10. The summed E-state index contributed by atoms with van der Waals surface area (Å²) in [7, 11) is 0. The molecule has 0 radical (unpaired) electrons. The lowest BCUT2D eigenvalue weighted by molar-refractivity contribution is 0.0697.